The second kappa shape index (κ2) is 9.33. The maximum Gasteiger partial charge on any atom is 0.320 e. The predicted octanol–water partition coefficient (Wildman–Crippen LogP) is 3.06. The highest BCUT2D eigenvalue weighted by atomic mass is 16.5. The molecule has 0 radical (unpaired) electrons. The van der Waals surface area contributed by atoms with Crippen molar-refractivity contribution in [1.29, 1.82) is 0 Å². The molecule has 2 aromatic rings. The monoisotopic (exact) mass is 366 g/mol. The standard InChI is InChI=1S/C22H26N2O3/c23-20(18-12-6-2-7-13-18)19(21(25)24-14-8-3-9-15-24)22(26)27-16-17-10-4-1-5-11-17/h1-2,4-7,10-13,19-20H,3,8-9,14-16,23H2. The molecular formula is C22H26N2O3. The minimum Gasteiger partial charge on any atom is -0.460 e. The van der Waals surface area contributed by atoms with E-state index in [1.807, 2.05) is 60.7 Å². The van der Waals surface area contributed by atoms with E-state index in [4.69, 9.17) is 10.5 Å². The predicted molar refractivity (Wildman–Crippen MR) is 104 cm³/mol. The van der Waals surface area contributed by atoms with E-state index < -0.39 is 17.9 Å². The second-order valence-corrected chi connectivity index (χ2v) is 6.89. The molecular weight excluding hydrogens is 340 g/mol. The zero-order valence-corrected chi connectivity index (χ0v) is 15.4. The molecule has 5 nitrogen and oxygen atoms in total. The van der Waals surface area contributed by atoms with E-state index in [0.717, 1.165) is 30.4 Å². The third-order valence-electron chi connectivity index (χ3n) is 4.96. The van der Waals surface area contributed by atoms with Crippen LogP contribution in [0.3, 0.4) is 0 Å². The van der Waals surface area contributed by atoms with Gasteiger partial charge in [-0.2, -0.15) is 0 Å². The van der Waals surface area contributed by atoms with Gasteiger partial charge < -0.3 is 15.4 Å². The third-order valence-corrected chi connectivity index (χ3v) is 4.96. The lowest BCUT2D eigenvalue weighted by atomic mass is 9.91. The van der Waals surface area contributed by atoms with E-state index in [1.54, 1.807) is 4.90 Å². The molecule has 2 atom stereocenters. The van der Waals surface area contributed by atoms with Crippen molar-refractivity contribution >= 4 is 11.9 Å². The summed E-state index contributed by atoms with van der Waals surface area (Å²) in [5, 5.41) is 0. The van der Waals surface area contributed by atoms with E-state index in [-0.39, 0.29) is 12.5 Å². The fourth-order valence-corrected chi connectivity index (χ4v) is 3.40. The van der Waals surface area contributed by atoms with Crippen LogP contribution in [-0.4, -0.2) is 29.9 Å². The summed E-state index contributed by atoms with van der Waals surface area (Å²) in [7, 11) is 0. The average molecular weight is 366 g/mol. The Morgan fingerprint density at radius 2 is 1.52 bits per heavy atom. The van der Waals surface area contributed by atoms with E-state index in [9.17, 15) is 9.59 Å². The molecule has 2 aromatic carbocycles. The number of nitrogens with zero attached hydrogens (tertiary/aromatic N) is 1. The molecule has 27 heavy (non-hydrogen) atoms. The molecule has 0 bridgehead atoms. The zero-order valence-electron chi connectivity index (χ0n) is 15.4. The van der Waals surface area contributed by atoms with Gasteiger partial charge in [-0.1, -0.05) is 60.7 Å². The van der Waals surface area contributed by atoms with Crippen LogP contribution >= 0.6 is 0 Å². The summed E-state index contributed by atoms with van der Waals surface area (Å²) in [6.45, 7) is 1.47. The summed E-state index contributed by atoms with van der Waals surface area (Å²) in [4.78, 5) is 27.7. The molecule has 1 amide bonds. The largest absolute Gasteiger partial charge is 0.460 e. The van der Waals surface area contributed by atoms with Gasteiger partial charge in [-0.15, -0.1) is 0 Å². The Balaban J connectivity index is 1.77. The Morgan fingerprint density at radius 1 is 0.926 bits per heavy atom. The first-order chi connectivity index (χ1) is 13.2. The number of carbonyl (C=O) groups excluding carboxylic acids is 2. The van der Waals surface area contributed by atoms with Crippen molar-refractivity contribution in [2.24, 2.45) is 11.7 Å². The summed E-state index contributed by atoms with van der Waals surface area (Å²) in [6.07, 6.45) is 3.02. The van der Waals surface area contributed by atoms with Crippen LogP contribution in [0.15, 0.2) is 60.7 Å². The van der Waals surface area contributed by atoms with Crippen LogP contribution in [-0.2, 0) is 20.9 Å². The van der Waals surface area contributed by atoms with Gasteiger partial charge in [-0.25, -0.2) is 0 Å². The Morgan fingerprint density at radius 3 is 2.15 bits per heavy atom. The van der Waals surface area contributed by atoms with E-state index >= 15 is 0 Å². The fourth-order valence-electron chi connectivity index (χ4n) is 3.40. The van der Waals surface area contributed by atoms with E-state index in [2.05, 4.69) is 0 Å². The highest BCUT2D eigenvalue weighted by Gasteiger charge is 2.38. The van der Waals surface area contributed by atoms with Gasteiger partial charge in [-0.05, 0) is 30.4 Å². The summed E-state index contributed by atoms with van der Waals surface area (Å²) in [5.74, 6) is -1.83. The fraction of sp³-hybridized carbons (Fsp3) is 0.364. The lowest BCUT2D eigenvalue weighted by Gasteiger charge is -2.31. The quantitative estimate of drug-likeness (QED) is 0.630. The lowest BCUT2D eigenvalue weighted by molar-refractivity contribution is -0.158. The second-order valence-electron chi connectivity index (χ2n) is 6.89. The van der Waals surface area contributed by atoms with E-state index in [0.29, 0.717) is 13.1 Å². The zero-order chi connectivity index (χ0) is 19.1. The van der Waals surface area contributed by atoms with Crippen LogP contribution in [0.4, 0.5) is 0 Å². The smallest absolute Gasteiger partial charge is 0.320 e. The van der Waals surface area contributed by atoms with Crippen LogP contribution in [0.2, 0.25) is 0 Å². The molecule has 1 aliphatic heterocycles. The molecule has 5 heteroatoms. The molecule has 1 fully saturated rings. The Bertz CT molecular complexity index is 743. The van der Waals surface area contributed by atoms with Gasteiger partial charge in [0.05, 0.1) is 6.04 Å². The number of ether oxygens (including phenoxy) is 1. The number of amides is 1. The van der Waals surface area contributed by atoms with Crippen LogP contribution in [0.5, 0.6) is 0 Å². The molecule has 142 valence electrons. The molecule has 0 aliphatic carbocycles. The first kappa shape index (κ1) is 19.1. The van der Waals surface area contributed by atoms with Crippen molar-refractivity contribution in [3.8, 4) is 0 Å². The van der Waals surface area contributed by atoms with Gasteiger partial charge in [0.25, 0.3) is 0 Å². The summed E-state index contributed by atoms with van der Waals surface area (Å²) >= 11 is 0. The number of benzene rings is 2. The van der Waals surface area contributed by atoms with Crippen LogP contribution < -0.4 is 5.73 Å². The van der Waals surface area contributed by atoms with Gasteiger partial charge in [0.2, 0.25) is 5.91 Å². The van der Waals surface area contributed by atoms with Crippen LogP contribution in [0, 0.1) is 5.92 Å². The molecule has 3 rings (SSSR count). The molecule has 0 spiro atoms. The van der Waals surface area contributed by atoms with Gasteiger partial charge >= 0.3 is 5.97 Å². The van der Waals surface area contributed by atoms with Gasteiger partial charge in [0, 0.05) is 13.1 Å². The number of hydrogen-bond acceptors (Lipinski definition) is 4. The number of hydrogen-bond donors (Lipinski definition) is 1. The molecule has 1 heterocycles. The average Bonchev–Trinajstić information content (AvgIpc) is 2.74. The Hall–Kier alpha value is -2.66. The van der Waals surface area contributed by atoms with Gasteiger partial charge in [-0.3, -0.25) is 9.59 Å². The number of esters is 1. The Kier molecular flexibility index (Phi) is 6.60. The first-order valence-electron chi connectivity index (χ1n) is 9.46. The molecule has 2 N–H and O–H groups in total. The van der Waals surface area contributed by atoms with Crippen molar-refractivity contribution < 1.29 is 14.3 Å². The topological polar surface area (TPSA) is 72.6 Å². The SMILES string of the molecule is NC(c1ccccc1)C(C(=O)OCc1ccccc1)C(=O)N1CCCCC1. The van der Waals surface area contributed by atoms with E-state index in [1.165, 1.54) is 0 Å². The van der Waals surface area contributed by atoms with Crippen molar-refractivity contribution in [3.05, 3.63) is 71.8 Å². The van der Waals surface area contributed by atoms with Crippen molar-refractivity contribution in [1.82, 2.24) is 4.90 Å². The highest BCUT2D eigenvalue weighted by Crippen LogP contribution is 2.25. The number of likely N-dealkylation sites (tertiary alicyclic amines) is 1. The molecule has 2 unspecified atom stereocenters. The molecule has 0 saturated carbocycles. The summed E-state index contributed by atoms with van der Waals surface area (Å²) in [6, 6.07) is 18.0. The van der Waals surface area contributed by atoms with Crippen molar-refractivity contribution in [3.63, 3.8) is 0 Å². The van der Waals surface area contributed by atoms with Crippen LogP contribution in [0.25, 0.3) is 0 Å². The number of nitrogens with two attached hydrogens (primary N) is 1. The van der Waals surface area contributed by atoms with Gasteiger partial charge in [0.15, 0.2) is 5.92 Å². The molecule has 1 aliphatic rings. The Labute approximate surface area is 160 Å². The van der Waals surface area contributed by atoms with Crippen LogP contribution in [0.1, 0.15) is 36.4 Å². The number of piperidine rings is 1. The minimum absolute atomic E-state index is 0.130. The molecule has 0 aromatic heterocycles. The maximum atomic E-state index is 13.1. The van der Waals surface area contributed by atoms with Crippen molar-refractivity contribution in [2.75, 3.05) is 13.1 Å². The first-order valence-corrected chi connectivity index (χ1v) is 9.46. The summed E-state index contributed by atoms with van der Waals surface area (Å²) < 4.78 is 5.48. The highest BCUT2D eigenvalue weighted by molar-refractivity contribution is 5.98. The minimum atomic E-state index is -1.03. The maximum absolute atomic E-state index is 13.1. The van der Waals surface area contributed by atoms with Crippen molar-refractivity contribution in [2.45, 2.75) is 31.9 Å². The number of carbonyl (C=O) groups is 2. The molecule has 1 saturated heterocycles. The third kappa shape index (κ3) is 4.95. The summed E-state index contributed by atoms with van der Waals surface area (Å²) in [5.41, 5.74) is 8.00. The number of rotatable bonds is 6. The normalized spacial score (nSPS) is 16.4. The van der Waals surface area contributed by atoms with Gasteiger partial charge in [0.1, 0.15) is 6.61 Å². The lowest BCUT2D eigenvalue weighted by Crippen LogP contribution is -2.46.